The van der Waals surface area contributed by atoms with Crippen molar-refractivity contribution in [3.05, 3.63) is 77.4 Å². The lowest BCUT2D eigenvalue weighted by molar-refractivity contribution is -0.384. The van der Waals surface area contributed by atoms with Crippen LogP contribution in [-0.2, 0) is 14.1 Å². The molecule has 3 aromatic heterocycles. The van der Waals surface area contributed by atoms with Gasteiger partial charge >= 0.3 is 0 Å². The summed E-state index contributed by atoms with van der Waals surface area (Å²) in [7, 11) is 3.97. The summed E-state index contributed by atoms with van der Waals surface area (Å²) in [6.45, 7) is 0. The third-order valence-electron chi connectivity index (χ3n) is 5.41. The average molecular weight is 370 g/mol. The van der Waals surface area contributed by atoms with E-state index in [-0.39, 0.29) is 10.6 Å². The molecular weight excluding hydrogens is 352 g/mol. The van der Waals surface area contributed by atoms with E-state index in [1.54, 1.807) is 12.1 Å². The Hall–Kier alpha value is -3.80. The first-order valence-electron chi connectivity index (χ1n) is 8.99. The van der Waals surface area contributed by atoms with Crippen molar-refractivity contribution in [1.82, 2.24) is 14.1 Å². The molecule has 0 saturated heterocycles. The molecule has 0 aliphatic carbocycles. The van der Waals surface area contributed by atoms with Crippen molar-refractivity contribution in [2.24, 2.45) is 14.1 Å². The zero-order valence-corrected chi connectivity index (χ0v) is 15.5. The molecule has 0 unspecified atom stereocenters. The molecule has 5 aromatic rings. The van der Waals surface area contributed by atoms with Crippen LogP contribution in [0.2, 0.25) is 0 Å². The number of rotatable bonds is 3. The van der Waals surface area contributed by atoms with Gasteiger partial charge in [-0.3, -0.25) is 10.1 Å². The number of aryl methyl sites for hydroxylation is 2. The zero-order chi connectivity index (χ0) is 19.4. The summed E-state index contributed by atoms with van der Waals surface area (Å²) >= 11 is 0. The summed E-state index contributed by atoms with van der Waals surface area (Å²) in [5.74, 6) is 0. The smallest absolute Gasteiger partial charge is 0.271 e. The molecule has 0 atom stereocenters. The van der Waals surface area contributed by atoms with Gasteiger partial charge in [-0.2, -0.15) is 0 Å². The molecule has 0 bridgehead atoms. The topological polar surface area (TPSA) is 68.8 Å². The molecule has 2 aromatic carbocycles. The number of nitrogens with one attached hydrogen (secondary N) is 1. The summed E-state index contributed by atoms with van der Waals surface area (Å²) in [6, 6.07) is 13.4. The highest BCUT2D eigenvalue weighted by molar-refractivity contribution is 6.05. The minimum absolute atomic E-state index is 0.101. The third kappa shape index (κ3) is 2.28. The lowest BCUT2D eigenvalue weighted by Gasteiger charge is -2.03. The highest BCUT2D eigenvalue weighted by Crippen LogP contribution is 2.40. The summed E-state index contributed by atoms with van der Waals surface area (Å²) < 4.78 is 4.07. The van der Waals surface area contributed by atoms with Gasteiger partial charge in [0, 0.05) is 89.6 Å². The van der Waals surface area contributed by atoms with Crippen LogP contribution in [0.4, 0.5) is 5.69 Å². The number of nitrogens with zero attached hydrogens (tertiary/aromatic N) is 3. The molecule has 138 valence electrons. The number of hydrogen-bond donors (Lipinski definition) is 1. The Balaban J connectivity index is 1.75. The van der Waals surface area contributed by atoms with Gasteiger partial charge < -0.3 is 14.1 Å². The highest BCUT2D eigenvalue weighted by atomic mass is 16.6. The fourth-order valence-corrected chi connectivity index (χ4v) is 4.07. The van der Waals surface area contributed by atoms with Crippen LogP contribution in [0.25, 0.3) is 44.1 Å². The number of H-pyrrole nitrogens is 1. The molecule has 1 N–H and O–H groups in total. The average Bonchev–Trinajstić information content (AvgIpc) is 3.38. The first-order valence-corrected chi connectivity index (χ1v) is 8.99. The second-order valence-electron chi connectivity index (χ2n) is 7.07. The first-order chi connectivity index (χ1) is 13.5. The Morgan fingerprint density at radius 2 is 1.43 bits per heavy atom. The Bertz CT molecular complexity index is 1370. The van der Waals surface area contributed by atoms with Gasteiger partial charge in [0.2, 0.25) is 0 Å². The Kier molecular flexibility index (Phi) is 3.42. The molecule has 0 aliphatic rings. The van der Waals surface area contributed by atoms with Crippen molar-refractivity contribution >= 4 is 27.5 Å². The van der Waals surface area contributed by atoms with Crippen LogP contribution in [0.1, 0.15) is 0 Å². The largest absolute Gasteiger partial charge is 0.366 e. The Morgan fingerprint density at radius 1 is 0.821 bits per heavy atom. The third-order valence-corrected chi connectivity index (χ3v) is 5.41. The van der Waals surface area contributed by atoms with Gasteiger partial charge in [0.15, 0.2) is 0 Å². The van der Waals surface area contributed by atoms with Gasteiger partial charge in [0.1, 0.15) is 0 Å². The van der Waals surface area contributed by atoms with Crippen LogP contribution in [-0.4, -0.2) is 19.0 Å². The van der Waals surface area contributed by atoms with E-state index in [1.807, 2.05) is 42.3 Å². The second kappa shape index (κ2) is 5.85. The minimum atomic E-state index is -0.357. The van der Waals surface area contributed by atoms with Crippen LogP contribution in [0.5, 0.6) is 0 Å². The molecule has 0 saturated carbocycles. The van der Waals surface area contributed by atoms with Crippen molar-refractivity contribution in [1.29, 1.82) is 0 Å². The van der Waals surface area contributed by atoms with Crippen molar-refractivity contribution in [2.45, 2.75) is 0 Å². The number of para-hydroxylation sites is 1. The number of aromatic amines is 1. The normalized spacial score (nSPS) is 11.5. The molecule has 0 radical (unpaired) electrons. The molecule has 3 heterocycles. The van der Waals surface area contributed by atoms with Gasteiger partial charge in [0.25, 0.3) is 5.69 Å². The predicted octanol–water partition coefficient (Wildman–Crippen LogP) is 5.24. The van der Waals surface area contributed by atoms with Crippen LogP contribution >= 0.6 is 0 Å². The summed E-state index contributed by atoms with van der Waals surface area (Å²) in [5.41, 5.74) is 6.53. The lowest BCUT2D eigenvalue weighted by atomic mass is 9.98. The molecule has 28 heavy (non-hydrogen) atoms. The molecule has 6 heteroatoms. The molecule has 0 spiro atoms. The second-order valence-corrected chi connectivity index (χ2v) is 7.07. The molecule has 0 aliphatic heterocycles. The number of nitro benzene ring substituents is 1. The Morgan fingerprint density at radius 3 is 2.11 bits per heavy atom. The van der Waals surface area contributed by atoms with E-state index in [4.69, 9.17) is 0 Å². The van der Waals surface area contributed by atoms with E-state index in [0.717, 1.165) is 33.2 Å². The van der Waals surface area contributed by atoms with E-state index in [9.17, 15) is 10.1 Å². The molecular formula is C22H18N4O2. The maximum absolute atomic E-state index is 11.1. The monoisotopic (exact) mass is 370 g/mol. The van der Waals surface area contributed by atoms with E-state index >= 15 is 0 Å². The zero-order valence-electron chi connectivity index (χ0n) is 15.5. The van der Waals surface area contributed by atoms with Crippen LogP contribution < -0.4 is 0 Å². The van der Waals surface area contributed by atoms with Gasteiger partial charge in [-0.1, -0.05) is 18.2 Å². The standard InChI is InChI=1S/C22H18N4O2/c1-24-12-19(15-5-3-4-6-21(15)24)17-10-23-11-18(17)20-13-25(2)22-9-14(26(27)28)7-8-16(20)22/h3-13,23H,1-2H3. The van der Waals surface area contributed by atoms with Crippen LogP contribution in [0, 0.1) is 10.1 Å². The minimum Gasteiger partial charge on any atom is -0.366 e. The van der Waals surface area contributed by atoms with Crippen molar-refractivity contribution < 1.29 is 4.92 Å². The summed E-state index contributed by atoms with van der Waals surface area (Å²) in [5, 5.41) is 13.3. The molecule has 0 fully saturated rings. The first kappa shape index (κ1) is 16.4. The van der Waals surface area contributed by atoms with Gasteiger partial charge in [-0.15, -0.1) is 0 Å². The van der Waals surface area contributed by atoms with E-state index < -0.39 is 0 Å². The van der Waals surface area contributed by atoms with E-state index in [1.165, 1.54) is 10.9 Å². The maximum atomic E-state index is 11.1. The number of nitro groups is 1. The number of fused-ring (bicyclic) bond motifs is 2. The molecule has 0 amide bonds. The van der Waals surface area contributed by atoms with Gasteiger partial charge in [0.05, 0.1) is 10.4 Å². The number of hydrogen-bond acceptors (Lipinski definition) is 2. The SMILES string of the molecule is Cn1cc(-c2c[nH]cc2-c2cn(C)c3cc([N+](=O)[O-])ccc23)c2ccccc21. The van der Waals surface area contributed by atoms with Gasteiger partial charge in [-0.05, 0) is 12.1 Å². The Labute approximate surface area is 160 Å². The highest BCUT2D eigenvalue weighted by Gasteiger charge is 2.18. The summed E-state index contributed by atoms with van der Waals surface area (Å²) in [4.78, 5) is 14.0. The van der Waals surface area contributed by atoms with Gasteiger partial charge in [-0.25, -0.2) is 0 Å². The predicted molar refractivity (Wildman–Crippen MR) is 111 cm³/mol. The quantitative estimate of drug-likeness (QED) is 0.348. The van der Waals surface area contributed by atoms with Crippen molar-refractivity contribution in [2.75, 3.05) is 0 Å². The molecule has 5 rings (SSSR count). The number of aromatic nitrogens is 3. The molecule has 6 nitrogen and oxygen atoms in total. The van der Waals surface area contributed by atoms with Crippen molar-refractivity contribution in [3.8, 4) is 22.3 Å². The lowest BCUT2D eigenvalue weighted by Crippen LogP contribution is -1.89. The van der Waals surface area contributed by atoms with Crippen LogP contribution in [0.15, 0.2) is 67.3 Å². The number of non-ortho nitro benzene ring substituents is 1. The van der Waals surface area contributed by atoms with Crippen molar-refractivity contribution in [3.63, 3.8) is 0 Å². The fourth-order valence-electron chi connectivity index (χ4n) is 4.07. The summed E-state index contributed by atoms with van der Waals surface area (Å²) in [6.07, 6.45) is 8.19. The maximum Gasteiger partial charge on any atom is 0.271 e. The van der Waals surface area contributed by atoms with E-state index in [2.05, 4.69) is 41.0 Å². The number of benzene rings is 2. The van der Waals surface area contributed by atoms with Crippen LogP contribution in [0.3, 0.4) is 0 Å². The van der Waals surface area contributed by atoms with E-state index in [0.29, 0.717) is 0 Å². The fraction of sp³-hybridized carbons (Fsp3) is 0.0909.